The molecule has 5 rings (SSSR count). The summed E-state index contributed by atoms with van der Waals surface area (Å²) in [6.07, 6.45) is -4.31. The Balaban J connectivity index is 0.00000500. The van der Waals surface area contributed by atoms with Crippen LogP contribution >= 0.6 is 0 Å². The van der Waals surface area contributed by atoms with Crippen LogP contribution in [-0.4, -0.2) is 95.9 Å². The predicted octanol–water partition coefficient (Wildman–Crippen LogP) is -4.84. The van der Waals surface area contributed by atoms with Gasteiger partial charge in [0.15, 0.2) is 0 Å². The fourth-order valence-corrected chi connectivity index (χ4v) is 5.34. The Bertz CT molecular complexity index is 1700. The second kappa shape index (κ2) is 15.4. The number of carboxylic acid groups (broad SMARTS) is 1. The van der Waals surface area contributed by atoms with E-state index in [0.717, 1.165) is 23.4 Å². The third-order valence-electron chi connectivity index (χ3n) is 7.66. The number of ether oxygens (including phenoxy) is 2. The molecule has 6 atom stereocenters. The van der Waals surface area contributed by atoms with Gasteiger partial charge >= 0.3 is 29.6 Å². The first kappa shape index (κ1) is 36.0. The van der Waals surface area contributed by atoms with Crippen molar-refractivity contribution in [2.24, 2.45) is 0 Å². The molecule has 17 heteroatoms. The molecule has 2 aromatic heterocycles. The van der Waals surface area contributed by atoms with Crippen molar-refractivity contribution in [2.45, 2.75) is 62.7 Å². The Labute approximate surface area is 290 Å². The van der Waals surface area contributed by atoms with Crippen LogP contribution < -0.4 is 51.0 Å². The summed E-state index contributed by atoms with van der Waals surface area (Å²) in [4.78, 5) is 39.9. The van der Waals surface area contributed by atoms with Crippen molar-refractivity contribution in [1.29, 1.82) is 0 Å². The van der Waals surface area contributed by atoms with E-state index in [2.05, 4.69) is 25.9 Å². The Kier molecular flexibility index (Phi) is 11.8. The molecule has 16 nitrogen and oxygen atoms in total. The van der Waals surface area contributed by atoms with Crippen molar-refractivity contribution in [3.05, 3.63) is 77.7 Å². The Morgan fingerprint density at radius 1 is 1.23 bits per heavy atom. The summed E-state index contributed by atoms with van der Waals surface area (Å²) in [7, 11) is 0. The molecule has 2 aromatic carbocycles. The van der Waals surface area contributed by atoms with Gasteiger partial charge in [0, 0.05) is 48.2 Å². The van der Waals surface area contributed by atoms with Crippen molar-refractivity contribution in [3.8, 4) is 0 Å². The van der Waals surface area contributed by atoms with Gasteiger partial charge in [-0.05, 0) is 35.9 Å². The number of aromatic nitrogens is 4. The van der Waals surface area contributed by atoms with Gasteiger partial charge in [0.25, 0.3) is 5.91 Å². The van der Waals surface area contributed by atoms with E-state index in [1.54, 1.807) is 36.4 Å². The summed E-state index contributed by atoms with van der Waals surface area (Å²) in [6, 6.07) is 12.2. The van der Waals surface area contributed by atoms with E-state index in [1.807, 2.05) is 18.3 Å². The number of nitrogens with two attached hydrogens (primary N) is 1. The molecule has 4 aromatic rings. The summed E-state index contributed by atoms with van der Waals surface area (Å²) in [6.45, 7) is 0.536. The number of hydrogen-bond acceptors (Lipinski definition) is 12. The standard InChI is InChI=1S/C30H35N7O9.Na/c1-16(38)34-25-23(39)10-30(29(43)44,46-27(25)26(41)24(40)12-33-28(42)17-5-3-2-4-6-17)45-15-20-14-37(36-35-20)13-18-11-32-22-8-7-19(31)9-21(18)22;/h2-9,11,14,23-27,32,39-41H,10,12-13,15,31H2,1H3,(H,33,42)(H,34,38)(H,43,44);/q;+1/p-1/t23-,24+,25+,26+,27?,30+;/m0./s1. The quantitative estimate of drug-likeness (QED) is 0.0559. The van der Waals surface area contributed by atoms with Crippen LogP contribution in [-0.2, 0) is 32.2 Å². The molecule has 1 unspecified atom stereocenters. The topological polar surface area (TPSA) is 250 Å². The number of nitrogens with zero attached hydrogens (tertiary/aromatic N) is 3. The van der Waals surface area contributed by atoms with Crippen LogP contribution in [0.15, 0.2) is 60.9 Å². The summed E-state index contributed by atoms with van der Waals surface area (Å²) in [5.74, 6) is -5.65. The van der Waals surface area contributed by atoms with E-state index < -0.39 is 73.6 Å². The minimum absolute atomic E-state index is 0. The minimum atomic E-state index is -2.62. The maximum Gasteiger partial charge on any atom is 1.00 e. The van der Waals surface area contributed by atoms with Crippen LogP contribution in [0, 0.1) is 0 Å². The van der Waals surface area contributed by atoms with Gasteiger partial charge in [-0.1, -0.05) is 23.4 Å². The SMILES string of the molecule is CC(=O)N[C@H]1C([C@H](O)[C@H](O)CNC(=O)c2ccccc2)O[C@@](OCc2cn(Cc3c[nH]c4ccc(N)cc34)nn2)(C(=O)[O-])C[C@@H]1O.[Na+]. The molecule has 1 aliphatic heterocycles. The van der Waals surface area contributed by atoms with Gasteiger partial charge in [-0.3, -0.25) is 9.59 Å². The largest absolute Gasteiger partial charge is 1.00 e. The van der Waals surface area contributed by atoms with E-state index in [9.17, 15) is 34.8 Å². The fourth-order valence-electron chi connectivity index (χ4n) is 5.34. The number of benzene rings is 2. The number of carboxylic acids is 1. The first-order chi connectivity index (χ1) is 22.0. The molecular formula is C30H34N7NaO9. The number of hydrogen-bond donors (Lipinski definition) is 7. The average Bonchev–Trinajstić information content (AvgIpc) is 3.66. The molecule has 1 saturated heterocycles. The van der Waals surface area contributed by atoms with Gasteiger partial charge in [-0.25, -0.2) is 4.68 Å². The van der Waals surface area contributed by atoms with Crippen LogP contribution in [0.1, 0.15) is 35.0 Å². The summed E-state index contributed by atoms with van der Waals surface area (Å²) in [5, 5.41) is 59.0. The number of nitrogens with one attached hydrogen (secondary N) is 3. The van der Waals surface area contributed by atoms with Crippen molar-refractivity contribution < 1.29 is 73.8 Å². The maximum absolute atomic E-state index is 12.4. The Morgan fingerprint density at radius 3 is 2.68 bits per heavy atom. The Morgan fingerprint density at radius 2 is 1.98 bits per heavy atom. The number of aliphatic hydroxyl groups excluding tert-OH is 3. The molecule has 1 fully saturated rings. The minimum Gasteiger partial charge on any atom is -0.544 e. The number of H-pyrrole nitrogens is 1. The molecule has 0 saturated carbocycles. The predicted molar refractivity (Wildman–Crippen MR) is 158 cm³/mol. The molecule has 1 aliphatic rings. The molecule has 0 bridgehead atoms. The number of anilines is 1. The van der Waals surface area contributed by atoms with Crippen LogP contribution in [0.4, 0.5) is 5.69 Å². The second-order valence-corrected chi connectivity index (χ2v) is 11.1. The molecule has 8 N–H and O–H groups in total. The van der Waals surface area contributed by atoms with Gasteiger partial charge in [-0.2, -0.15) is 0 Å². The van der Waals surface area contributed by atoms with Gasteiger partial charge in [0.05, 0.1) is 37.6 Å². The van der Waals surface area contributed by atoms with Crippen LogP contribution in [0.5, 0.6) is 0 Å². The number of carbonyl (C=O) groups excluding carboxylic acids is 3. The third kappa shape index (κ3) is 8.35. The van der Waals surface area contributed by atoms with Crippen molar-refractivity contribution >= 4 is 34.4 Å². The summed E-state index contributed by atoms with van der Waals surface area (Å²) in [5.41, 5.74) is 8.79. The molecule has 0 spiro atoms. The molecule has 3 heterocycles. The van der Waals surface area contributed by atoms with E-state index in [0.29, 0.717) is 17.8 Å². The van der Waals surface area contributed by atoms with E-state index in [1.165, 1.54) is 10.9 Å². The zero-order valence-corrected chi connectivity index (χ0v) is 27.7. The monoisotopic (exact) mass is 659 g/mol. The van der Waals surface area contributed by atoms with Gasteiger partial charge < -0.3 is 56.0 Å². The van der Waals surface area contributed by atoms with E-state index in [4.69, 9.17) is 15.2 Å². The van der Waals surface area contributed by atoms with Crippen LogP contribution in [0.25, 0.3) is 10.9 Å². The molecule has 2 amide bonds. The smallest absolute Gasteiger partial charge is 0.544 e. The van der Waals surface area contributed by atoms with E-state index >= 15 is 0 Å². The third-order valence-corrected chi connectivity index (χ3v) is 7.66. The second-order valence-electron chi connectivity index (χ2n) is 11.1. The number of aromatic amines is 1. The maximum atomic E-state index is 12.4. The van der Waals surface area contributed by atoms with Gasteiger partial charge in [-0.15, -0.1) is 5.10 Å². The van der Waals surface area contributed by atoms with Crippen LogP contribution in [0.2, 0.25) is 0 Å². The fraction of sp³-hybridized carbons (Fsp3) is 0.367. The number of aliphatic carboxylic acids is 1. The molecule has 0 aliphatic carbocycles. The van der Waals surface area contributed by atoms with Crippen LogP contribution in [0.3, 0.4) is 0 Å². The van der Waals surface area contributed by atoms with Gasteiger partial charge in [0.2, 0.25) is 11.7 Å². The molecule has 0 radical (unpaired) electrons. The number of fused-ring (bicyclic) bond motifs is 1. The zero-order valence-electron chi connectivity index (χ0n) is 25.7. The van der Waals surface area contributed by atoms with Gasteiger partial charge in [0.1, 0.15) is 23.9 Å². The van der Waals surface area contributed by atoms with Crippen molar-refractivity contribution in [1.82, 2.24) is 30.6 Å². The van der Waals surface area contributed by atoms with Crippen molar-refractivity contribution in [2.75, 3.05) is 12.3 Å². The summed E-state index contributed by atoms with van der Waals surface area (Å²) < 4.78 is 12.9. The first-order valence-electron chi connectivity index (χ1n) is 14.4. The molecule has 47 heavy (non-hydrogen) atoms. The van der Waals surface area contributed by atoms with E-state index in [-0.39, 0.29) is 35.3 Å². The number of carbonyl (C=O) groups is 3. The molecule has 244 valence electrons. The number of rotatable bonds is 12. The molecular weight excluding hydrogens is 625 g/mol. The van der Waals surface area contributed by atoms with Crippen molar-refractivity contribution in [3.63, 3.8) is 0 Å². The normalized spacial score (nSPS) is 22.2. The number of aliphatic hydroxyl groups is 3. The first-order valence-corrected chi connectivity index (χ1v) is 14.4. The average molecular weight is 660 g/mol. The number of amides is 2. The summed E-state index contributed by atoms with van der Waals surface area (Å²) >= 11 is 0. The number of nitrogen functional groups attached to an aromatic ring is 1. The Hall–Kier alpha value is -3.87. The zero-order chi connectivity index (χ0) is 33.0.